The van der Waals surface area contributed by atoms with Gasteiger partial charge in [0.15, 0.2) is 11.5 Å². The Balaban J connectivity index is 2.76. The standard InChI is InChI=1S/C10H5ClFNO2/c11-6-1-2-8-5(3-6)4-7(12)9(13-8)10(14)15/h1-4H,(H,14,15). The van der Waals surface area contributed by atoms with E-state index in [9.17, 15) is 9.18 Å². The van der Waals surface area contributed by atoms with Gasteiger partial charge in [-0.05, 0) is 24.3 Å². The molecule has 0 radical (unpaired) electrons. The maximum absolute atomic E-state index is 13.2. The Morgan fingerprint density at radius 1 is 1.40 bits per heavy atom. The Labute approximate surface area is 89.1 Å². The van der Waals surface area contributed by atoms with Gasteiger partial charge in [-0.15, -0.1) is 0 Å². The van der Waals surface area contributed by atoms with E-state index in [2.05, 4.69) is 4.98 Å². The molecule has 0 saturated heterocycles. The summed E-state index contributed by atoms with van der Waals surface area (Å²) in [4.78, 5) is 14.3. The van der Waals surface area contributed by atoms with E-state index in [1.165, 1.54) is 6.07 Å². The molecule has 5 heteroatoms. The lowest BCUT2D eigenvalue weighted by atomic mass is 10.2. The number of halogens is 2. The van der Waals surface area contributed by atoms with Gasteiger partial charge < -0.3 is 5.11 Å². The third-order valence-electron chi connectivity index (χ3n) is 1.93. The molecule has 0 amide bonds. The Bertz CT molecular complexity index is 556. The van der Waals surface area contributed by atoms with Gasteiger partial charge in [0.2, 0.25) is 0 Å². The number of carboxylic acids is 1. The van der Waals surface area contributed by atoms with E-state index >= 15 is 0 Å². The lowest BCUT2D eigenvalue weighted by Gasteiger charge is -2.01. The first-order chi connectivity index (χ1) is 7.08. The molecular weight excluding hydrogens is 221 g/mol. The summed E-state index contributed by atoms with van der Waals surface area (Å²) in [5, 5.41) is 9.58. The summed E-state index contributed by atoms with van der Waals surface area (Å²) < 4.78 is 13.2. The molecule has 0 fully saturated rings. The average Bonchev–Trinajstić information content (AvgIpc) is 2.15. The SMILES string of the molecule is O=C(O)c1nc2ccc(Cl)cc2cc1F. The largest absolute Gasteiger partial charge is 0.476 e. The predicted octanol–water partition coefficient (Wildman–Crippen LogP) is 2.73. The van der Waals surface area contributed by atoms with Crippen LogP contribution in [0.2, 0.25) is 5.02 Å². The Hall–Kier alpha value is -1.68. The number of benzene rings is 1. The van der Waals surface area contributed by atoms with E-state index < -0.39 is 17.5 Å². The summed E-state index contributed by atoms with van der Waals surface area (Å²) in [6, 6.07) is 5.75. The lowest BCUT2D eigenvalue weighted by Crippen LogP contribution is -2.04. The lowest BCUT2D eigenvalue weighted by molar-refractivity contribution is 0.0685. The van der Waals surface area contributed by atoms with Crippen molar-refractivity contribution >= 4 is 28.5 Å². The van der Waals surface area contributed by atoms with E-state index in [0.717, 1.165) is 6.07 Å². The average molecular weight is 226 g/mol. The van der Waals surface area contributed by atoms with Crippen LogP contribution in [0.3, 0.4) is 0 Å². The van der Waals surface area contributed by atoms with E-state index in [-0.39, 0.29) is 0 Å². The molecule has 3 nitrogen and oxygen atoms in total. The number of carboxylic acid groups (broad SMARTS) is 1. The van der Waals surface area contributed by atoms with Crippen molar-refractivity contribution in [2.45, 2.75) is 0 Å². The molecule has 1 aromatic heterocycles. The van der Waals surface area contributed by atoms with Gasteiger partial charge in [-0.3, -0.25) is 0 Å². The molecule has 0 aliphatic carbocycles. The molecule has 0 bridgehead atoms. The van der Waals surface area contributed by atoms with Crippen molar-refractivity contribution in [1.29, 1.82) is 0 Å². The third-order valence-corrected chi connectivity index (χ3v) is 2.17. The zero-order chi connectivity index (χ0) is 11.0. The van der Waals surface area contributed by atoms with Crippen LogP contribution in [0.25, 0.3) is 10.9 Å². The first kappa shape index (κ1) is 9.86. The minimum atomic E-state index is -1.38. The molecule has 0 aliphatic heterocycles. The van der Waals surface area contributed by atoms with Crippen LogP contribution >= 0.6 is 11.6 Å². The highest BCUT2D eigenvalue weighted by Gasteiger charge is 2.13. The molecule has 1 heterocycles. The summed E-state index contributed by atoms with van der Waals surface area (Å²) in [5.74, 6) is -2.25. The molecule has 2 rings (SSSR count). The van der Waals surface area contributed by atoms with Crippen molar-refractivity contribution in [2.24, 2.45) is 0 Å². The van der Waals surface area contributed by atoms with Crippen LogP contribution in [-0.4, -0.2) is 16.1 Å². The van der Waals surface area contributed by atoms with Gasteiger partial charge >= 0.3 is 5.97 Å². The monoisotopic (exact) mass is 225 g/mol. The van der Waals surface area contributed by atoms with Gasteiger partial charge in [-0.1, -0.05) is 11.6 Å². The topological polar surface area (TPSA) is 50.2 Å². The number of hydrogen-bond donors (Lipinski definition) is 1. The summed E-state index contributed by atoms with van der Waals surface area (Å²) in [6.07, 6.45) is 0. The van der Waals surface area contributed by atoms with Crippen LogP contribution in [0, 0.1) is 5.82 Å². The van der Waals surface area contributed by atoms with Crippen LogP contribution in [-0.2, 0) is 0 Å². The predicted molar refractivity (Wildman–Crippen MR) is 53.7 cm³/mol. The number of rotatable bonds is 1. The smallest absolute Gasteiger partial charge is 0.357 e. The second-order valence-corrected chi connectivity index (χ2v) is 3.40. The third kappa shape index (κ3) is 1.76. The van der Waals surface area contributed by atoms with Gasteiger partial charge in [0.05, 0.1) is 5.52 Å². The highest BCUT2D eigenvalue weighted by Crippen LogP contribution is 2.20. The van der Waals surface area contributed by atoms with Gasteiger partial charge in [-0.2, -0.15) is 0 Å². The van der Waals surface area contributed by atoms with Gasteiger partial charge in [-0.25, -0.2) is 14.2 Å². The number of nitrogens with zero attached hydrogens (tertiary/aromatic N) is 1. The summed E-state index contributed by atoms with van der Waals surface area (Å²) >= 11 is 5.71. The van der Waals surface area contributed by atoms with Crippen LogP contribution < -0.4 is 0 Å². The second-order valence-electron chi connectivity index (χ2n) is 2.96. The number of hydrogen-bond acceptors (Lipinski definition) is 2. The van der Waals surface area contributed by atoms with Crippen molar-refractivity contribution in [3.8, 4) is 0 Å². The molecular formula is C10H5ClFNO2. The maximum Gasteiger partial charge on any atom is 0.357 e. The van der Waals surface area contributed by atoms with Gasteiger partial charge in [0, 0.05) is 10.4 Å². The first-order valence-corrected chi connectivity index (χ1v) is 4.45. The normalized spacial score (nSPS) is 10.5. The molecule has 0 atom stereocenters. The number of fused-ring (bicyclic) bond motifs is 1. The van der Waals surface area contributed by atoms with Gasteiger partial charge in [0.1, 0.15) is 0 Å². The molecule has 0 aliphatic rings. The summed E-state index contributed by atoms with van der Waals surface area (Å²) in [7, 11) is 0. The van der Waals surface area contributed by atoms with Crippen molar-refractivity contribution in [3.63, 3.8) is 0 Å². The van der Waals surface area contributed by atoms with Crippen LogP contribution in [0.5, 0.6) is 0 Å². The zero-order valence-corrected chi connectivity index (χ0v) is 8.12. The highest BCUT2D eigenvalue weighted by molar-refractivity contribution is 6.31. The van der Waals surface area contributed by atoms with Crippen molar-refractivity contribution in [2.75, 3.05) is 0 Å². The number of aromatic nitrogens is 1. The van der Waals surface area contributed by atoms with Crippen LogP contribution in [0.15, 0.2) is 24.3 Å². The number of carbonyl (C=O) groups is 1. The molecule has 1 N–H and O–H groups in total. The summed E-state index contributed by atoms with van der Waals surface area (Å²) in [5.41, 5.74) is -0.178. The molecule has 0 unspecified atom stereocenters. The molecule has 76 valence electrons. The minimum Gasteiger partial charge on any atom is -0.476 e. The first-order valence-electron chi connectivity index (χ1n) is 4.07. The summed E-state index contributed by atoms with van der Waals surface area (Å²) in [6.45, 7) is 0. The molecule has 2 aromatic rings. The number of pyridine rings is 1. The molecule has 0 spiro atoms. The number of aromatic carboxylic acids is 1. The molecule has 15 heavy (non-hydrogen) atoms. The van der Waals surface area contributed by atoms with Crippen molar-refractivity contribution < 1.29 is 14.3 Å². The van der Waals surface area contributed by atoms with Gasteiger partial charge in [0.25, 0.3) is 0 Å². The fourth-order valence-corrected chi connectivity index (χ4v) is 1.45. The van der Waals surface area contributed by atoms with Crippen molar-refractivity contribution in [3.05, 3.63) is 40.8 Å². The molecule has 1 aromatic carbocycles. The van der Waals surface area contributed by atoms with Crippen molar-refractivity contribution in [1.82, 2.24) is 4.98 Å². The quantitative estimate of drug-likeness (QED) is 0.812. The Kier molecular flexibility index (Phi) is 2.28. The van der Waals surface area contributed by atoms with E-state index in [4.69, 9.17) is 16.7 Å². The molecule has 0 saturated carbocycles. The van der Waals surface area contributed by atoms with Crippen LogP contribution in [0.1, 0.15) is 10.5 Å². The highest BCUT2D eigenvalue weighted by atomic mass is 35.5. The van der Waals surface area contributed by atoms with E-state index in [0.29, 0.717) is 15.9 Å². The fraction of sp³-hybridized carbons (Fsp3) is 0. The minimum absolute atomic E-state index is 0.401. The van der Waals surface area contributed by atoms with Crippen LogP contribution in [0.4, 0.5) is 4.39 Å². The zero-order valence-electron chi connectivity index (χ0n) is 7.37. The van der Waals surface area contributed by atoms with E-state index in [1.807, 2.05) is 0 Å². The maximum atomic E-state index is 13.2. The fourth-order valence-electron chi connectivity index (χ4n) is 1.27. The Morgan fingerprint density at radius 3 is 2.80 bits per heavy atom. The van der Waals surface area contributed by atoms with E-state index in [1.54, 1.807) is 12.1 Å². The Morgan fingerprint density at radius 2 is 2.13 bits per heavy atom. The second kappa shape index (κ2) is 3.47.